The number of fused-ring (bicyclic) bond motifs is 1. The highest BCUT2D eigenvalue weighted by molar-refractivity contribution is 5.77. The summed E-state index contributed by atoms with van der Waals surface area (Å²) in [5, 5.41) is 11.8. The van der Waals surface area contributed by atoms with E-state index in [0.717, 1.165) is 57.3 Å². The molecule has 3 aromatic rings. The summed E-state index contributed by atoms with van der Waals surface area (Å²) in [6.45, 7) is 11.9. The number of para-hydroxylation sites is 1. The standard InChI is InChI=1S/C27H36N6O2/c1-4-32(5-2)23-13-11-22(12-14-23)19-31-16-15-25-29-30-27(33(25)18-17-31)21(3)28-26(34)20-35-24-9-7-6-8-10-24/h6-14,21H,4-5,15-20H2,1-3H3,(H,28,34). The monoisotopic (exact) mass is 476 g/mol. The average Bonchev–Trinajstić information content (AvgIpc) is 3.19. The second-order valence-electron chi connectivity index (χ2n) is 8.88. The van der Waals surface area contributed by atoms with E-state index < -0.39 is 0 Å². The van der Waals surface area contributed by atoms with Gasteiger partial charge in [0, 0.05) is 51.4 Å². The van der Waals surface area contributed by atoms with Gasteiger partial charge >= 0.3 is 0 Å². The fourth-order valence-electron chi connectivity index (χ4n) is 4.54. The molecule has 186 valence electrons. The molecule has 4 rings (SSSR count). The number of hydrogen-bond acceptors (Lipinski definition) is 6. The summed E-state index contributed by atoms with van der Waals surface area (Å²) in [7, 11) is 0. The minimum Gasteiger partial charge on any atom is -0.484 e. The Bertz CT molecular complexity index is 1080. The van der Waals surface area contributed by atoms with E-state index >= 15 is 0 Å². The van der Waals surface area contributed by atoms with E-state index in [1.54, 1.807) is 0 Å². The van der Waals surface area contributed by atoms with Crippen LogP contribution >= 0.6 is 0 Å². The number of hydrogen-bond donors (Lipinski definition) is 1. The van der Waals surface area contributed by atoms with Gasteiger partial charge in [-0.05, 0) is 50.6 Å². The van der Waals surface area contributed by atoms with Crippen LogP contribution in [0.25, 0.3) is 0 Å². The first-order valence-corrected chi connectivity index (χ1v) is 12.5. The Hall–Kier alpha value is -3.39. The summed E-state index contributed by atoms with van der Waals surface area (Å²) >= 11 is 0. The lowest BCUT2D eigenvalue weighted by molar-refractivity contribution is -0.123. The maximum atomic E-state index is 12.4. The van der Waals surface area contributed by atoms with Gasteiger partial charge in [0.15, 0.2) is 12.4 Å². The lowest BCUT2D eigenvalue weighted by atomic mass is 10.1. The molecule has 1 aliphatic rings. The summed E-state index contributed by atoms with van der Waals surface area (Å²) in [6.07, 6.45) is 0.836. The van der Waals surface area contributed by atoms with Crippen molar-refractivity contribution < 1.29 is 9.53 Å². The van der Waals surface area contributed by atoms with Crippen molar-refractivity contribution in [2.45, 2.75) is 46.3 Å². The van der Waals surface area contributed by atoms with Crippen LogP contribution in [0.15, 0.2) is 54.6 Å². The summed E-state index contributed by atoms with van der Waals surface area (Å²) in [5.41, 5.74) is 2.59. The van der Waals surface area contributed by atoms with Gasteiger partial charge in [-0.2, -0.15) is 0 Å². The number of carbonyl (C=O) groups is 1. The topological polar surface area (TPSA) is 75.5 Å². The molecule has 1 atom stereocenters. The summed E-state index contributed by atoms with van der Waals surface area (Å²) < 4.78 is 7.72. The molecule has 1 aliphatic heterocycles. The van der Waals surface area contributed by atoms with E-state index in [1.807, 2.05) is 37.3 Å². The van der Waals surface area contributed by atoms with Gasteiger partial charge in [-0.1, -0.05) is 30.3 Å². The first-order chi connectivity index (χ1) is 17.1. The van der Waals surface area contributed by atoms with Crippen LogP contribution in [0.5, 0.6) is 5.75 Å². The molecule has 0 bridgehead atoms. The molecule has 8 heteroatoms. The van der Waals surface area contributed by atoms with Crippen molar-refractivity contribution in [3.63, 3.8) is 0 Å². The molecule has 1 aromatic heterocycles. The van der Waals surface area contributed by atoms with Gasteiger partial charge in [0.05, 0.1) is 6.04 Å². The van der Waals surface area contributed by atoms with Gasteiger partial charge < -0.3 is 19.5 Å². The summed E-state index contributed by atoms with van der Waals surface area (Å²) in [5.74, 6) is 2.26. The zero-order valence-electron chi connectivity index (χ0n) is 21.0. The van der Waals surface area contributed by atoms with Crippen LogP contribution in [0.1, 0.15) is 44.0 Å². The average molecular weight is 477 g/mol. The largest absolute Gasteiger partial charge is 0.484 e. The Balaban J connectivity index is 1.31. The van der Waals surface area contributed by atoms with E-state index in [9.17, 15) is 4.79 Å². The Labute approximate surface area is 207 Å². The highest BCUT2D eigenvalue weighted by Crippen LogP contribution is 2.19. The fraction of sp³-hybridized carbons (Fsp3) is 0.444. The van der Waals surface area contributed by atoms with Crippen LogP contribution in [-0.2, 0) is 24.3 Å². The van der Waals surface area contributed by atoms with Crippen molar-refractivity contribution in [2.24, 2.45) is 0 Å². The van der Waals surface area contributed by atoms with Crippen molar-refractivity contribution in [2.75, 3.05) is 37.7 Å². The number of rotatable bonds is 10. The van der Waals surface area contributed by atoms with E-state index in [4.69, 9.17) is 4.74 Å². The van der Waals surface area contributed by atoms with E-state index in [2.05, 4.69) is 68.0 Å². The lowest BCUT2D eigenvalue weighted by Gasteiger charge is -2.23. The molecule has 1 unspecified atom stereocenters. The Kier molecular flexibility index (Phi) is 8.36. The minimum atomic E-state index is -0.248. The van der Waals surface area contributed by atoms with Crippen LogP contribution in [0.3, 0.4) is 0 Å². The summed E-state index contributed by atoms with van der Waals surface area (Å²) in [4.78, 5) is 17.2. The Morgan fingerprint density at radius 3 is 2.49 bits per heavy atom. The predicted octanol–water partition coefficient (Wildman–Crippen LogP) is 3.44. The third kappa shape index (κ3) is 6.39. The summed E-state index contributed by atoms with van der Waals surface area (Å²) in [6, 6.07) is 18.0. The highest BCUT2D eigenvalue weighted by atomic mass is 16.5. The number of carbonyl (C=O) groups excluding carboxylic acids is 1. The third-order valence-corrected chi connectivity index (χ3v) is 6.50. The molecule has 35 heavy (non-hydrogen) atoms. The van der Waals surface area contributed by atoms with Crippen molar-refractivity contribution in [1.29, 1.82) is 0 Å². The molecular weight excluding hydrogens is 440 g/mol. The molecular formula is C27H36N6O2. The van der Waals surface area contributed by atoms with Gasteiger partial charge in [-0.25, -0.2) is 0 Å². The van der Waals surface area contributed by atoms with E-state index in [-0.39, 0.29) is 18.6 Å². The van der Waals surface area contributed by atoms with Crippen molar-refractivity contribution >= 4 is 11.6 Å². The molecule has 0 saturated carbocycles. The van der Waals surface area contributed by atoms with Crippen LogP contribution in [0.2, 0.25) is 0 Å². The molecule has 0 fully saturated rings. The zero-order valence-corrected chi connectivity index (χ0v) is 21.0. The highest BCUT2D eigenvalue weighted by Gasteiger charge is 2.23. The van der Waals surface area contributed by atoms with E-state index in [1.165, 1.54) is 11.3 Å². The Morgan fingerprint density at radius 2 is 1.77 bits per heavy atom. The van der Waals surface area contributed by atoms with Gasteiger partial charge in [-0.3, -0.25) is 9.69 Å². The number of amides is 1. The first-order valence-electron chi connectivity index (χ1n) is 12.5. The molecule has 0 spiro atoms. The number of benzene rings is 2. The molecule has 2 heterocycles. The van der Waals surface area contributed by atoms with E-state index in [0.29, 0.717) is 5.75 Å². The van der Waals surface area contributed by atoms with Gasteiger partial charge in [0.25, 0.3) is 5.91 Å². The van der Waals surface area contributed by atoms with Crippen LogP contribution in [0, 0.1) is 0 Å². The van der Waals surface area contributed by atoms with Crippen molar-refractivity contribution in [1.82, 2.24) is 25.0 Å². The second kappa shape index (κ2) is 11.8. The number of aromatic nitrogens is 3. The van der Waals surface area contributed by atoms with Crippen molar-refractivity contribution in [3.8, 4) is 5.75 Å². The quantitative estimate of drug-likeness (QED) is 0.483. The van der Waals surface area contributed by atoms with Gasteiger partial charge in [0.1, 0.15) is 11.6 Å². The molecule has 0 saturated heterocycles. The molecule has 1 N–H and O–H groups in total. The predicted molar refractivity (Wildman–Crippen MR) is 138 cm³/mol. The lowest BCUT2D eigenvalue weighted by Crippen LogP contribution is -2.33. The Morgan fingerprint density at radius 1 is 1.03 bits per heavy atom. The third-order valence-electron chi connectivity index (χ3n) is 6.50. The number of nitrogens with one attached hydrogen (secondary N) is 1. The molecule has 0 radical (unpaired) electrons. The van der Waals surface area contributed by atoms with Crippen LogP contribution < -0.4 is 15.0 Å². The molecule has 1 amide bonds. The fourth-order valence-corrected chi connectivity index (χ4v) is 4.54. The number of anilines is 1. The first kappa shape index (κ1) is 24.7. The van der Waals surface area contributed by atoms with Gasteiger partial charge in [0.2, 0.25) is 0 Å². The SMILES string of the molecule is CCN(CC)c1ccc(CN2CCc3nnc(C(C)NC(=O)COc4ccccc4)n3CC2)cc1. The normalized spacial score (nSPS) is 14.6. The van der Waals surface area contributed by atoms with Crippen molar-refractivity contribution in [3.05, 3.63) is 71.8 Å². The zero-order chi connectivity index (χ0) is 24.6. The maximum absolute atomic E-state index is 12.4. The smallest absolute Gasteiger partial charge is 0.258 e. The molecule has 0 aliphatic carbocycles. The minimum absolute atomic E-state index is 0.0316. The molecule has 2 aromatic carbocycles. The molecule has 8 nitrogen and oxygen atoms in total. The second-order valence-corrected chi connectivity index (χ2v) is 8.88. The number of ether oxygens (including phenoxy) is 1. The maximum Gasteiger partial charge on any atom is 0.258 e. The van der Waals surface area contributed by atoms with Gasteiger partial charge in [-0.15, -0.1) is 10.2 Å². The van der Waals surface area contributed by atoms with Crippen LogP contribution in [0.4, 0.5) is 5.69 Å². The number of nitrogens with zero attached hydrogens (tertiary/aromatic N) is 5. The van der Waals surface area contributed by atoms with Crippen LogP contribution in [-0.4, -0.2) is 58.4 Å².